The Morgan fingerprint density at radius 1 is 1.25 bits per heavy atom. The molecule has 0 aliphatic rings. The van der Waals surface area contributed by atoms with Crippen molar-refractivity contribution in [3.63, 3.8) is 0 Å². The summed E-state index contributed by atoms with van der Waals surface area (Å²) in [7, 11) is -2.97. The van der Waals surface area contributed by atoms with E-state index < -0.39 is 7.60 Å². The van der Waals surface area contributed by atoms with Crippen molar-refractivity contribution in [3.8, 4) is 0 Å². The van der Waals surface area contributed by atoms with E-state index in [4.69, 9.17) is 9.05 Å². The van der Waals surface area contributed by atoms with Gasteiger partial charge < -0.3 is 9.05 Å². The molecule has 4 heteroatoms. The lowest BCUT2D eigenvalue weighted by Gasteiger charge is -2.17. The molecule has 0 rings (SSSR count). The van der Waals surface area contributed by atoms with Gasteiger partial charge in [-0.2, -0.15) is 0 Å². The van der Waals surface area contributed by atoms with Crippen molar-refractivity contribution in [2.24, 2.45) is 0 Å². The standard InChI is InChI=1S/C12H23O3P/c1-5-9-10-12(6-2)11-16(13,14-7-3)15-8-4/h2,5,7-11H2,1,3-4H3. The van der Waals surface area contributed by atoms with Gasteiger partial charge in [0.25, 0.3) is 0 Å². The molecule has 16 heavy (non-hydrogen) atoms. The molecule has 0 spiro atoms. The molecule has 0 aromatic carbocycles. The minimum atomic E-state index is -2.97. The van der Waals surface area contributed by atoms with Gasteiger partial charge in [-0.1, -0.05) is 19.9 Å². The van der Waals surface area contributed by atoms with Crippen LogP contribution in [0.3, 0.4) is 0 Å². The van der Waals surface area contributed by atoms with Gasteiger partial charge in [0.2, 0.25) is 0 Å². The molecular weight excluding hydrogens is 223 g/mol. The highest BCUT2D eigenvalue weighted by Crippen LogP contribution is 2.49. The van der Waals surface area contributed by atoms with E-state index in [0.29, 0.717) is 19.4 Å². The van der Waals surface area contributed by atoms with Crippen molar-refractivity contribution >= 4 is 7.60 Å². The molecule has 0 saturated heterocycles. The van der Waals surface area contributed by atoms with E-state index in [1.165, 1.54) is 0 Å². The van der Waals surface area contributed by atoms with Gasteiger partial charge in [-0.25, -0.2) is 0 Å². The van der Waals surface area contributed by atoms with Crippen molar-refractivity contribution in [1.29, 1.82) is 0 Å². The first kappa shape index (κ1) is 15.7. The topological polar surface area (TPSA) is 35.5 Å². The predicted molar refractivity (Wildman–Crippen MR) is 67.9 cm³/mol. The van der Waals surface area contributed by atoms with Crippen LogP contribution in [-0.4, -0.2) is 19.4 Å². The van der Waals surface area contributed by atoms with E-state index in [1.54, 1.807) is 0 Å². The fraction of sp³-hybridized carbons (Fsp3) is 0.750. The Balaban J connectivity index is 4.47. The maximum Gasteiger partial charge on any atom is 0.335 e. The van der Waals surface area contributed by atoms with Crippen LogP contribution in [-0.2, 0) is 13.6 Å². The molecule has 3 nitrogen and oxygen atoms in total. The van der Waals surface area contributed by atoms with E-state index in [1.807, 2.05) is 13.8 Å². The zero-order valence-corrected chi connectivity index (χ0v) is 11.5. The number of hydrogen-bond donors (Lipinski definition) is 0. The van der Waals surface area contributed by atoms with E-state index in [0.717, 1.165) is 24.8 Å². The van der Waals surface area contributed by atoms with Crippen LogP contribution in [0.15, 0.2) is 17.9 Å². The molecule has 0 aliphatic carbocycles. The first-order valence-corrected chi connectivity index (χ1v) is 7.60. The molecule has 0 N–H and O–H groups in total. The lowest BCUT2D eigenvalue weighted by Crippen LogP contribution is -2.02. The summed E-state index contributed by atoms with van der Waals surface area (Å²) in [4.78, 5) is 0. The molecule has 94 valence electrons. The van der Waals surface area contributed by atoms with Crippen LogP contribution in [0.25, 0.3) is 0 Å². The average molecular weight is 246 g/mol. The largest absolute Gasteiger partial charge is 0.335 e. The molecule has 0 saturated carbocycles. The number of allylic oxidation sites excluding steroid dienone is 1. The molecule has 0 atom stereocenters. The van der Waals surface area contributed by atoms with Crippen LogP contribution in [0.1, 0.15) is 40.0 Å². The molecule has 0 bridgehead atoms. The third-order valence-electron chi connectivity index (χ3n) is 2.12. The molecule has 0 aromatic heterocycles. The smallest absolute Gasteiger partial charge is 0.309 e. The molecule has 0 aromatic rings. The van der Waals surface area contributed by atoms with Gasteiger partial charge in [0.15, 0.2) is 0 Å². The zero-order valence-electron chi connectivity index (χ0n) is 10.6. The third-order valence-corrected chi connectivity index (χ3v) is 4.19. The van der Waals surface area contributed by atoms with Gasteiger partial charge in [-0.15, -0.1) is 5.73 Å². The highest BCUT2D eigenvalue weighted by Gasteiger charge is 2.24. The van der Waals surface area contributed by atoms with Crippen LogP contribution in [0.5, 0.6) is 0 Å². The molecule has 0 aliphatic heterocycles. The minimum absolute atomic E-state index is 0.318. The third kappa shape index (κ3) is 6.30. The maximum atomic E-state index is 12.2. The fourth-order valence-corrected chi connectivity index (χ4v) is 3.15. The monoisotopic (exact) mass is 246 g/mol. The molecule has 0 radical (unpaired) electrons. The Morgan fingerprint density at radius 3 is 2.19 bits per heavy atom. The summed E-state index contributed by atoms with van der Waals surface area (Å²) in [5.74, 6) is 0. The van der Waals surface area contributed by atoms with Gasteiger partial charge in [-0.05, 0) is 32.3 Å². The molecule has 0 heterocycles. The Kier molecular flexibility index (Phi) is 8.60. The second-order valence-corrected chi connectivity index (χ2v) is 5.54. The summed E-state index contributed by atoms with van der Waals surface area (Å²) in [6.45, 7) is 10.2. The van der Waals surface area contributed by atoms with Crippen molar-refractivity contribution in [2.45, 2.75) is 40.0 Å². The second kappa shape index (κ2) is 8.78. The Hall–Kier alpha value is -0.330. The van der Waals surface area contributed by atoms with Crippen LogP contribution in [0.2, 0.25) is 0 Å². The Morgan fingerprint density at radius 2 is 1.81 bits per heavy atom. The molecular formula is C12H23O3P. The predicted octanol–water partition coefficient (Wildman–Crippen LogP) is 4.15. The molecule has 0 unspecified atom stereocenters. The summed E-state index contributed by atoms with van der Waals surface area (Å²) in [6, 6.07) is 0. The molecule has 0 fully saturated rings. The van der Waals surface area contributed by atoms with Gasteiger partial charge in [-0.3, -0.25) is 4.57 Å². The lowest BCUT2D eigenvalue weighted by atomic mass is 10.1. The van der Waals surface area contributed by atoms with E-state index >= 15 is 0 Å². The van der Waals surface area contributed by atoms with Gasteiger partial charge in [0, 0.05) is 0 Å². The Bertz CT molecular complexity index is 270. The highest BCUT2D eigenvalue weighted by atomic mass is 31.2. The first-order chi connectivity index (χ1) is 7.61. The van der Waals surface area contributed by atoms with Gasteiger partial charge >= 0.3 is 7.60 Å². The maximum absolute atomic E-state index is 12.2. The van der Waals surface area contributed by atoms with Crippen LogP contribution < -0.4 is 0 Å². The summed E-state index contributed by atoms with van der Waals surface area (Å²) < 4.78 is 22.7. The fourth-order valence-electron chi connectivity index (χ4n) is 1.37. The Labute approximate surface area is 99.1 Å². The van der Waals surface area contributed by atoms with E-state index in [-0.39, 0.29) is 0 Å². The lowest BCUT2D eigenvalue weighted by molar-refractivity contribution is 0.222. The van der Waals surface area contributed by atoms with E-state index in [2.05, 4.69) is 19.2 Å². The van der Waals surface area contributed by atoms with E-state index in [9.17, 15) is 4.57 Å². The van der Waals surface area contributed by atoms with Crippen LogP contribution in [0.4, 0.5) is 0 Å². The van der Waals surface area contributed by atoms with Crippen LogP contribution in [0, 0.1) is 0 Å². The van der Waals surface area contributed by atoms with Gasteiger partial charge in [0.1, 0.15) is 0 Å². The number of rotatable bonds is 9. The first-order valence-electron chi connectivity index (χ1n) is 5.87. The minimum Gasteiger partial charge on any atom is -0.309 e. The van der Waals surface area contributed by atoms with Crippen molar-refractivity contribution in [2.75, 3.05) is 19.4 Å². The van der Waals surface area contributed by atoms with Crippen molar-refractivity contribution in [3.05, 3.63) is 17.9 Å². The van der Waals surface area contributed by atoms with Crippen molar-refractivity contribution in [1.82, 2.24) is 0 Å². The number of unbranched alkanes of at least 4 members (excludes halogenated alkanes) is 1. The number of hydrogen-bond acceptors (Lipinski definition) is 3. The SMILES string of the molecule is C=C=C(CCCC)CP(=O)(OCC)OCC. The quantitative estimate of drug-likeness (QED) is 0.453. The molecule has 0 amide bonds. The summed E-state index contributed by atoms with van der Waals surface area (Å²) in [5.41, 5.74) is 3.78. The summed E-state index contributed by atoms with van der Waals surface area (Å²) in [5, 5.41) is 0. The average Bonchev–Trinajstić information content (AvgIpc) is 2.25. The highest BCUT2D eigenvalue weighted by molar-refractivity contribution is 7.54. The second-order valence-electron chi connectivity index (χ2n) is 3.49. The summed E-state index contributed by atoms with van der Waals surface area (Å²) >= 11 is 0. The normalized spacial score (nSPS) is 11.2. The zero-order chi connectivity index (χ0) is 12.4. The van der Waals surface area contributed by atoms with Crippen LogP contribution >= 0.6 is 7.60 Å². The van der Waals surface area contributed by atoms with Crippen molar-refractivity contribution < 1.29 is 13.6 Å². The summed E-state index contributed by atoms with van der Waals surface area (Å²) in [6.07, 6.45) is 3.33. The van der Waals surface area contributed by atoms with Gasteiger partial charge in [0.05, 0.1) is 19.4 Å².